The molecule has 0 spiro atoms. The number of carbonyl (C=O) groups excluding carboxylic acids is 1. The Balaban J connectivity index is 1.45. The predicted molar refractivity (Wildman–Crippen MR) is 97.0 cm³/mol. The molecular weight excluding hydrogens is 353 g/mol. The van der Waals surface area contributed by atoms with Crippen LogP contribution < -0.4 is 11.1 Å². The Morgan fingerprint density at radius 3 is 2.74 bits per heavy atom. The molecular formula is C21H21F3N2O. The van der Waals surface area contributed by atoms with Crippen LogP contribution in [0, 0.1) is 5.92 Å². The van der Waals surface area contributed by atoms with E-state index >= 15 is 0 Å². The minimum atomic E-state index is -4.36. The van der Waals surface area contributed by atoms with Gasteiger partial charge in [-0.3, -0.25) is 4.79 Å². The molecule has 1 saturated carbocycles. The lowest BCUT2D eigenvalue weighted by Crippen LogP contribution is -2.32. The van der Waals surface area contributed by atoms with Crippen molar-refractivity contribution in [2.24, 2.45) is 5.92 Å². The lowest BCUT2D eigenvalue weighted by Gasteiger charge is -2.26. The first-order valence-corrected chi connectivity index (χ1v) is 9.19. The molecule has 3 nitrogen and oxygen atoms in total. The first-order chi connectivity index (χ1) is 12.8. The summed E-state index contributed by atoms with van der Waals surface area (Å²) < 4.78 is 38.7. The van der Waals surface area contributed by atoms with Crippen LogP contribution in [0.5, 0.6) is 0 Å². The number of halogens is 3. The van der Waals surface area contributed by atoms with Gasteiger partial charge < -0.3 is 11.1 Å². The zero-order valence-corrected chi connectivity index (χ0v) is 14.7. The largest absolute Gasteiger partial charge is 0.416 e. The monoisotopic (exact) mass is 374 g/mol. The van der Waals surface area contributed by atoms with E-state index in [9.17, 15) is 18.0 Å². The van der Waals surface area contributed by atoms with Crippen LogP contribution in [0.1, 0.15) is 53.5 Å². The molecule has 6 heteroatoms. The molecule has 2 aromatic rings. The fraction of sp³-hybridized carbons (Fsp3) is 0.381. The third-order valence-corrected chi connectivity index (χ3v) is 5.57. The first kappa shape index (κ1) is 17.9. The molecule has 3 unspecified atom stereocenters. The average molecular weight is 374 g/mol. The van der Waals surface area contributed by atoms with Crippen molar-refractivity contribution in [3.05, 3.63) is 64.7 Å². The molecule has 0 bridgehead atoms. The second-order valence-electron chi connectivity index (χ2n) is 7.48. The molecule has 4 rings (SSSR count). The van der Waals surface area contributed by atoms with Gasteiger partial charge in [-0.2, -0.15) is 13.2 Å². The minimum absolute atomic E-state index is 0.0513. The normalized spacial score (nSPS) is 24.2. The van der Waals surface area contributed by atoms with Crippen molar-refractivity contribution in [3.63, 3.8) is 0 Å². The van der Waals surface area contributed by atoms with Crippen molar-refractivity contribution < 1.29 is 18.0 Å². The number of hydrogen-bond donors (Lipinski definition) is 2. The summed E-state index contributed by atoms with van der Waals surface area (Å²) in [4.78, 5) is 12.7. The second kappa shape index (κ2) is 6.59. The van der Waals surface area contributed by atoms with E-state index in [4.69, 9.17) is 5.73 Å². The Labute approximate surface area is 155 Å². The Bertz CT molecular complexity index is 878. The summed E-state index contributed by atoms with van der Waals surface area (Å²) >= 11 is 0. The van der Waals surface area contributed by atoms with Gasteiger partial charge in [0.2, 0.25) is 5.91 Å². The summed E-state index contributed by atoms with van der Waals surface area (Å²) in [7, 11) is 0. The van der Waals surface area contributed by atoms with Crippen molar-refractivity contribution in [3.8, 4) is 0 Å². The van der Waals surface area contributed by atoms with Gasteiger partial charge in [-0.25, -0.2) is 0 Å². The van der Waals surface area contributed by atoms with Gasteiger partial charge in [0.05, 0.1) is 11.6 Å². The van der Waals surface area contributed by atoms with Crippen LogP contribution in [0.2, 0.25) is 0 Å². The maximum absolute atomic E-state index is 12.9. The fourth-order valence-corrected chi connectivity index (χ4v) is 4.06. The number of anilines is 1. The number of benzene rings is 2. The standard InChI is InChI=1S/C21H21F3N2O/c22-21(23,24)14-5-1-3-12(9-14)17-11-18(17)20(27)26-19-6-2-4-13-10-15(25)7-8-16(13)19/h1,3,5,7-10,17-19H,2,4,6,11,25H2,(H,26,27). The lowest BCUT2D eigenvalue weighted by molar-refractivity contribution is -0.137. The van der Waals surface area contributed by atoms with Gasteiger partial charge in [-0.05, 0) is 66.5 Å². The van der Waals surface area contributed by atoms with Crippen LogP contribution in [0.3, 0.4) is 0 Å². The number of fused-ring (bicyclic) bond motifs is 1. The number of rotatable bonds is 3. The minimum Gasteiger partial charge on any atom is -0.399 e. The zero-order valence-electron chi connectivity index (χ0n) is 14.7. The Morgan fingerprint density at radius 1 is 1.15 bits per heavy atom. The highest BCUT2D eigenvalue weighted by Gasteiger charge is 2.45. The quantitative estimate of drug-likeness (QED) is 0.773. The highest BCUT2D eigenvalue weighted by Crippen LogP contribution is 2.49. The van der Waals surface area contributed by atoms with E-state index in [0.29, 0.717) is 17.7 Å². The Kier molecular flexibility index (Phi) is 4.36. The van der Waals surface area contributed by atoms with Gasteiger partial charge in [0.15, 0.2) is 0 Å². The van der Waals surface area contributed by atoms with E-state index < -0.39 is 11.7 Å². The van der Waals surface area contributed by atoms with Crippen LogP contribution in [0.15, 0.2) is 42.5 Å². The molecule has 1 fully saturated rings. The van der Waals surface area contributed by atoms with E-state index in [1.165, 1.54) is 6.07 Å². The molecule has 0 heterocycles. The molecule has 0 saturated heterocycles. The molecule has 142 valence electrons. The zero-order chi connectivity index (χ0) is 19.2. The van der Waals surface area contributed by atoms with Crippen LogP contribution in [0.25, 0.3) is 0 Å². The number of nitrogens with one attached hydrogen (secondary N) is 1. The number of aryl methyl sites for hydroxylation is 1. The number of amides is 1. The molecule has 2 aliphatic rings. The van der Waals surface area contributed by atoms with Gasteiger partial charge in [0.25, 0.3) is 0 Å². The highest BCUT2D eigenvalue weighted by atomic mass is 19.4. The lowest BCUT2D eigenvalue weighted by atomic mass is 9.87. The van der Waals surface area contributed by atoms with Crippen molar-refractivity contribution in [1.29, 1.82) is 0 Å². The topological polar surface area (TPSA) is 55.1 Å². The van der Waals surface area contributed by atoms with E-state index in [1.807, 2.05) is 18.2 Å². The van der Waals surface area contributed by atoms with Gasteiger partial charge in [0.1, 0.15) is 0 Å². The second-order valence-corrected chi connectivity index (χ2v) is 7.48. The highest BCUT2D eigenvalue weighted by molar-refractivity contribution is 5.83. The van der Waals surface area contributed by atoms with Crippen LogP contribution in [0.4, 0.5) is 18.9 Å². The molecule has 2 aromatic carbocycles. The van der Waals surface area contributed by atoms with Crippen molar-refractivity contribution in [2.75, 3.05) is 5.73 Å². The molecule has 0 aliphatic heterocycles. The summed E-state index contributed by atoms with van der Waals surface area (Å²) in [5, 5.41) is 3.10. The van der Waals surface area contributed by atoms with Gasteiger partial charge in [0, 0.05) is 11.6 Å². The molecule has 3 N–H and O–H groups in total. The van der Waals surface area contributed by atoms with Crippen LogP contribution >= 0.6 is 0 Å². The van der Waals surface area contributed by atoms with Crippen LogP contribution in [-0.2, 0) is 17.4 Å². The maximum atomic E-state index is 12.9. The van der Waals surface area contributed by atoms with Gasteiger partial charge >= 0.3 is 6.18 Å². The Hall–Kier alpha value is -2.50. The first-order valence-electron chi connectivity index (χ1n) is 9.19. The number of nitrogen functional groups attached to an aromatic ring is 1. The summed E-state index contributed by atoms with van der Waals surface area (Å²) in [6.07, 6.45) is -0.986. The summed E-state index contributed by atoms with van der Waals surface area (Å²) in [6.45, 7) is 0. The SMILES string of the molecule is Nc1ccc2c(c1)CCCC2NC(=O)C1CC1c1cccc(C(F)(F)F)c1. The number of alkyl halides is 3. The smallest absolute Gasteiger partial charge is 0.399 e. The fourth-order valence-electron chi connectivity index (χ4n) is 4.06. The predicted octanol–water partition coefficient (Wildman–Crippen LogP) is 4.58. The van der Waals surface area contributed by atoms with Gasteiger partial charge in [-0.15, -0.1) is 0 Å². The van der Waals surface area contributed by atoms with Crippen LogP contribution in [-0.4, -0.2) is 5.91 Å². The van der Waals surface area contributed by atoms with Gasteiger partial charge in [-0.1, -0.05) is 24.3 Å². The Morgan fingerprint density at radius 2 is 1.96 bits per heavy atom. The van der Waals surface area contributed by atoms with E-state index in [2.05, 4.69) is 5.32 Å². The average Bonchev–Trinajstić information content (AvgIpc) is 3.42. The molecule has 3 atom stereocenters. The molecule has 0 radical (unpaired) electrons. The van der Waals surface area contributed by atoms with Crippen molar-refractivity contribution in [2.45, 2.75) is 43.8 Å². The third kappa shape index (κ3) is 3.66. The summed E-state index contributed by atoms with van der Waals surface area (Å²) in [5.74, 6) is -0.471. The van der Waals surface area contributed by atoms with Crippen molar-refractivity contribution >= 4 is 11.6 Å². The molecule has 27 heavy (non-hydrogen) atoms. The van der Waals surface area contributed by atoms with Crippen molar-refractivity contribution in [1.82, 2.24) is 5.32 Å². The summed E-state index contributed by atoms with van der Waals surface area (Å²) in [5.41, 5.74) is 8.74. The number of nitrogens with two attached hydrogens (primary N) is 1. The maximum Gasteiger partial charge on any atom is 0.416 e. The molecule has 1 amide bonds. The number of hydrogen-bond acceptors (Lipinski definition) is 2. The van der Waals surface area contributed by atoms with E-state index in [-0.39, 0.29) is 23.8 Å². The van der Waals surface area contributed by atoms with E-state index in [1.54, 1.807) is 6.07 Å². The molecule has 0 aromatic heterocycles. The molecule has 2 aliphatic carbocycles. The third-order valence-electron chi connectivity index (χ3n) is 5.57. The number of carbonyl (C=O) groups is 1. The summed E-state index contributed by atoms with van der Waals surface area (Å²) in [6, 6.07) is 11.0. The van der Waals surface area contributed by atoms with E-state index in [0.717, 1.165) is 42.5 Å².